The largest absolute Gasteiger partial charge is 0.504 e. The second-order valence-corrected chi connectivity index (χ2v) is 2.95. The number of phenolic OH excluding ortho intramolecular Hbond substituents is 2. The minimum atomic E-state index is -0.126. The van der Waals surface area contributed by atoms with Crippen LogP contribution < -0.4 is 0 Å². The van der Waals surface area contributed by atoms with Crippen molar-refractivity contribution < 1.29 is 10.2 Å². The van der Waals surface area contributed by atoms with E-state index in [1.165, 1.54) is 6.07 Å². The van der Waals surface area contributed by atoms with E-state index in [4.69, 9.17) is 0 Å². The van der Waals surface area contributed by atoms with Crippen LogP contribution in [0.2, 0.25) is 0 Å². The average molecular weight is 185 g/mol. The third-order valence-corrected chi connectivity index (χ3v) is 2.01. The molecule has 69 valence electrons. The Morgan fingerprint density at radius 3 is 2.36 bits per heavy atom. The fourth-order valence-corrected chi connectivity index (χ4v) is 1.30. The van der Waals surface area contributed by atoms with Crippen molar-refractivity contribution in [2.24, 2.45) is 0 Å². The molecule has 2 rings (SSSR count). The maximum absolute atomic E-state index is 9.57. The van der Waals surface area contributed by atoms with Crippen molar-refractivity contribution in [1.29, 1.82) is 0 Å². The SMILES string of the molecule is Oc1cc[c]c(-c2ccccc2)c1O. The smallest absolute Gasteiger partial charge is 0.166 e. The first-order chi connectivity index (χ1) is 6.79. The first kappa shape index (κ1) is 8.63. The van der Waals surface area contributed by atoms with Crippen LogP contribution in [0.25, 0.3) is 11.1 Å². The molecule has 0 amide bonds. The number of hydrogen-bond acceptors (Lipinski definition) is 2. The molecule has 0 aliphatic heterocycles. The fraction of sp³-hybridized carbons (Fsp3) is 0. The van der Waals surface area contributed by atoms with Crippen LogP contribution in [0.1, 0.15) is 0 Å². The lowest BCUT2D eigenvalue weighted by atomic mass is 10.0. The minimum absolute atomic E-state index is 0.123. The molecule has 0 saturated carbocycles. The van der Waals surface area contributed by atoms with Gasteiger partial charge in [-0.2, -0.15) is 0 Å². The van der Waals surface area contributed by atoms with Gasteiger partial charge < -0.3 is 10.2 Å². The molecule has 0 heterocycles. The highest BCUT2D eigenvalue weighted by atomic mass is 16.3. The van der Waals surface area contributed by atoms with Crippen molar-refractivity contribution in [2.75, 3.05) is 0 Å². The number of hydrogen-bond donors (Lipinski definition) is 2. The molecule has 2 heteroatoms. The van der Waals surface area contributed by atoms with Crippen LogP contribution in [0, 0.1) is 6.07 Å². The monoisotopic (exact) mass is 185 g/mol. The predicted octanol–water partition coefficient (Wildman–Crippen LogP) is 2.56. The van der Waals surface area contributed by atoms with Crippen molar-refractivity contribution in [3.8, 4) is 22.6 Å². The van der Waals surface area contributed by atoms with Crippen LogP contribution in [-0.2, 0) is 0 Å². The minimum Gasteiger partial charge on any atom is -0.504 e. The molecular formula is C12H9O2. The van der Waals surface area contributed by atoms with Gasteiger partial charge in [-0.05, 0) is 23.8 Å². The van der Waals surface area contributed by atoms with Gasteiger partial charge in [-0.3, -0.25) is 0 Å². The summed E-state index contributed by atoms with van der Waals surface area (Å²) in [5, 5.41) is 18.9. The van der Waals surface area contributed by atoms with Crippen molar-refractivity contribution in [2.45, 2.75) is 0 Å². The molecule has 14 heavy (non-hydrogen) atoms. The van der Waals surface area contributed by atoms with E-state index in [0.29, 0.717) is 5.56 Å². The van der Waals surface area contributed by atoms with Gasteiger partial charge in [-0.1, -0.05) is 30.3 Å². The van der Waals surface area contributed by atoms with E-state index < -0.39 is 0 Å². The van der Waals surface area contributed by atoms with E-state index in [1.807, 2.05) is 30.3 Å². The summed E-state index contributed by atoms with van der Waals surface area (Å²) in [6.45, 7) is 0. The summed E-state index contributed by atoms with van der Waals surface area (Å²) < 4.78 is 0. The van der Waals surface area contributed by atoms with Crippen LogP contribution in [0.15, 0.2) is 42.5 Å². The van der Waals surface area contributed by atoms with E-state index >= 15 is 0 Å². The van der Waals surface area contributed by atoms with Crippen molar-refractivity contribution in [1.82, 2.24) is 0 Å². The molecule has 0 aliphatic rings. The zero-order valence-electron chi connectivity index (χ0n) is 7.44. The zero-order chi connectivity index (χ0) is 9.97. The van der Waals surface area contributed by atoms with Crippen molar-refractivity contribution in [3.63, 3.8) is 0 Å². The highest BCUT2D eigenvalue weighted by molar-refractivity contribution is 5.72. The molecule has 0 bridgehead atoms. The van der Waals surface area contributed by atoms with E-state index in [1.54, 1.807) is 6.07 Å². The number of rotatable bonds is 1. The molecule has 0 fully saturated rings. The normalized spacial score (nSPS) is 10.0. The van der Waals surface area contributed by atoms with Gasteiger partial charge in [0.2, 0.25) is 0 Å². The average Bonchev–Trinajstić information content (AvgIpc) is 2.23. The third kappa shape index (κ3) is 1.42. The molecule has 2 nitrogen and oxygen atoms in total. The topological polar surface area (TPSA) is 40.5 Å². The number of aromatic hydroxyl groups is 2. The Balaban J connectivity index is 2.58. The lowest BCUT2D eigenvalue weighted by Gasteiger charge is -2.04. The standard InChI is InChI=1S/C12H9O2/c13-11-8-4-7-10(12(11)14)9-5-2-1-3-6-9/h1-6,8,13-14H. The maximum atomic E-state index is 9.57. The van der Waals surface area contributed by atoms with Crippen molar-refractivity contribution in [3.05, 3.63) is 48.5 Å². The van der Waals surface area contributed by atoms with Gasteiger partial charge in [0.05, 0.1) is 0 Å². The van der Waals surface area contributed by atoms with Crippen LogP contribution in [-0.4, -0.2) is 10.2 Å². The summed E-state index contributed by atoms with van der Waals surface area (Å²) in [5.74, 6) is -0.249. The lowest BCUT2D eigenvalue weighted by molar-refractivity contribution is 0.405. The Hall–Kier alpha value is -1.96. The Morgan fingerprint density at radius 2 is 1.64 bits per heavy atom. The van der Waals surface area contributed by atoms with Gasteiger partial charge in [-0.15, -0.1) is 0 Å². The summed E-state index contributed by atoms with van der Waals surface area (Å²) in [5.41, 5.74) is 1.35. The van der Waals surface area contributed by atoms with Gasteiger partial charge in [0.25, 0.3) is 0 Å². The Kier molecular flexibility index (Phi) is 2.11. The molecular weight excluding hydrogens is 176 g/mol. The highest BCUT2D eigenvalue weighted by Crippen LogP contribution is 2.35. The summed E-state index contributed by atoms with van der Waals surface area (Å²) in [6, 6.07) is 15.2. The van der Waals surface area contributed by atoms with Crippen LogP contribution in [0.4, 0.5) is 0 Å². The molecule has 0 aromatic heterocycles. The van der Waals surface area contributed by atoms with E-state index in [2.05, 4.69) is 6.07 Å². The molecule has 2 aromatic carbocycles. The quantitative estimate of drug-likeness (QED) is 0.670. The van der Waals surface area contributed by atoms with E-state index in [0.717, 1.165) is 5.56 Å². The summed E-state index contributed by atoms with van der Waals surface area (Å²) in [6.07, 6.45) is 0. The summed E-state index contributed by atoms with van der Waals surface area (Å²) >= 11 is 0. The molecule has 0 atom stereocenters. The second kappa shape index (κ2) is 3.42. The van der Waals surface area contributed by atoms with Gasteiger partial charge in [0.1, 0.15) is 0 Å². The molecule has 0 aliphatic carbocycles. The molecule has 2 aromatic rings. The van der Waals surface area contributed by atoms with Crippen molar-refractivity contribution >= 4 is 0 Å². The molecule has 2 N–H and O–H groups in total. The highest BCUT2D eigenvalue weighted by Gasteiger charge is 2.06. The predicted molar refractivity (Wildman–Crippen MR) is 54.0 cm³/mol. The fourth-order valence-electron chi connectivity index (χ4n) is 1.30. The first-order valence-corrected chi connectivity index (χ1v) is 4.27. The molecule has 1 radical (unpaired) electrons. The summed E-state index contributed by atoms with van der Waals surface area (Å²) in [4.78, 5) is 0. The maximum Gasteiger partial charge on any atom is 0.166 e. The molecule has 0 unspecified atom stereocenters. The van der Waals surface area contributed by atoms with Crippen LogP contribution in [0.5, 0.6) is 11.5 Å². The van der Waals surface area contributed by atoms with E-state index in [9.17, 15) is 10.2 Å². The van der Waals surface area contributed by atoms with Gasteiger partial charge in [0.15, 0.2) is 11.5 Å². The third-order valence-electron chi connectivity index (χ3n) is 2.01. The number of benzene rings is 2. The Bertz CT molecular complexity index is 435. The Morgan fingerprint density at radius 1 is 0.929 bits per heavy atom. The zero-order valence-corrected chi connectivity index (χ0v) is 7.44. The van der Waals surface area contributed by atoms with E-state index in [-0.39, 0.29) is 11.5 Å². The van der Waals surface area contributed by atoms with Gasteiger partial charge >= 0.3 is 0 Å². The first-order valence-electron chi connectivity index (χ1n) is 4.27. The van der Waals surface area contributed by atoms with Gasteiger partial charge in [-0.25, -0.2) is 0 Å². The molecule has 0 spiro atoms. The lowest BCUT2D eigenvalue weighted by Crippen LogP contribution is -1.79. The number of phenols is 2. The molecule has 0 saturated heterocycles. The van der Waals surface area contributed by atoms with Gasteiger partial charge in [0, 0.05) is 5.56 Å². The Labute approximate surface area is 82.1 Å². The van der Waals surface area contributed by atoms with Crippen LogP contribution in [0.3, 0.4) is 0 Å². The summed E-state index contributed by atoms with van der Waals surface area (Å²) in [7, 11) is 0. The second-order valence-electron chi connectivity index (χ2n) is 2.95. The van der Waals surface area contributed by atoms with Crippen LogP contribution >= 0.6 is 0 Å².